The molecule has 8 nitrogen and oxygen atoms in total. The molecule has 0 radical (unpaired) electrons. The summed E-state index contributed by atoms with van der Waals surface area (Å²) in [5.74, 6) is 0. The van der Waals surface area contributed by atoms with Crippen molar-refractivity contribution in [2.24, 2.45) is 0 Å². The third-order valence-corrected chi connectivity index (χ3v) is 3.97. The number of benzene rings is 1. The van der Waals surface area contributed by atoms with Gasteiger partial charge in [0.15, 0.2) is 5.69 Å². The monoisotopic (exact) mass is 416 g/mol. The summed E-state index contributed by atoms with van der Waals surface area (Å²) >= 11 is 0. The number of carbonyl (C=O) groups is 1. The number of carbonyl (C=O) groups excluding carboxylic acids is 1. The van der Waals surface area contributed by atoms with E-state index in [0.717, 1.165) is 10.7 Å². The molecule has 3 aromatic rings. The molecule has 11 heteroatoms. The fourth-order valence-electron chi connectivity index (χ4n) is 2.55. The number of aliphatic hydroxyl groups is 1. The number of nitrogens with one attached hydrogen (secondary N) is 2. The zero-order chi connectivity index (χ0) is 21.7. The molecule has 0 saturated carbocycles. The van der Waals surface area contributed by atoms with Crippen LogP contribution in [0.25, 0.3) is 5.69 Å². The largest absolute Gasteiger partial charge is 0.435 e. The van der Waals surface area contributed by atoms with E-state index >= 15 is 0 Å². The lowest BCUT2D eigenvalue weighted by Crippen LogP contribution is -2.29. The lowest BCUT2D eigenvalue weighted by atomic mass is 10.2. The van der Waals surface area contributed by atoms with Crippen molar-refractivity contribution in [2.75, 3.05) is 5.32 Å². The van der Waals surface area contributed by atoms with Crippen LogP contribution in [0.15, 0.2) is 48.7 Å². The maximum absolute atomic E-state index is 13.1. The molecule has 2 heterocycles. The Morgan fingerprint density at radius 3 is 2.67 bits per heavy atom. The van der Waals surface area contributed by atoms with Gasteiger partial charge in [-0.3, -0.25) is 4.98 Å². The van der Waals surface area contributed by atoms with Gasteiger partial charge in [0.25, 0.3) is 0 Å². The molecule has 0 atom stereocenters. The molecule has 30 heavy (non-hydrogen) atoms. The summed E-state index contributed by atoms with van der Waals surface area (Å²) in [6.07, 6.45) is -3.33. The summed E-state index contributed by atoms with van der Waals surface area (Å²) in [4.78, 5) is 16.0. The van der Waals surface area contributed by atoms with Crippen molar-refractivity contribution in [3.05, 3.63) is 71.3 Å². The average Bonchev–Trinajstić information content (AvgIpc) is 3.18. The molecular weight excluding hydrogens is 401 g/mol. The molecule has 2 amide bonds. The van der Waals surface area contributed by atoms with Gasteiger partial charge >= 0.3 is 12.2 Å². The number of pyridine rings is 1. The Hall–Kier alpha value is -3.91. The highest BCUT2D eigenvalue weighted by molar-refractivity contribution is 5.88. The Kier molecular flexibility index (Phi) is 5.98. The van der Waals surface area contributed by atoms with Gasteiger partial charge < -0.3 is 15.7 Å². The van der Waals surface area contributed by atoms with Crippen molar-refractivity contribution < 1.29 is 23.1 Å². The number of hydrogen-bond acceptors (Lipinski definition) is 5. The van der Waals surface area contributed by atoms with Crippen LogP contribution in [0.2, 0.25) is 0 Å². The summed E-state index contributed by atoms with van der Waals surface area (Å²) in [6, 6.07) is 11.1. The smallest absolute Gasteiger partial charge is 0.390 e. The molecule has 0 fully saturated rings. The number of urea groups is 1. The minimum Gasteiger partial charge on any atom is -0.390 e. The second-order valence-electron chi connectivity index (χ2n) is 6.10. The number of hydrogen-bond donors (Lipinski definition) is 3. The Labute approximate surface area is 168 Å². The van der Waals surface area contributed by atoms with E-state index in [1.165, 1.54) is 42.6 Å². The molecule has 0 aliphatic heterocycles. The van der Waals surface area contributed by atoms with Crippen molar-refractivity contribution in [1.82, 2.24) is 20.1 Å². The highest BCUT2D eigenvalue weighted by atomic mass is 19.4. The van der Waals surface area contributed by atoms with Crippen LogP contribution in [-0.2, 0) is 19.3 Å². The van der Waals surface area contributed by atoms with Crippen LogP contribution in [0.4, 0.5) is 23.7 Å². The summed E-state index contributed by atoms with van der Waals surface area (Å²) in [5, 5.41) is 26.5. The van der Waals surface area contributed by atoms with Crippen LogP contribution >= 0.6 is 0 Å². The molecule has 0 unspecified atom stereocenters. The van der Waals surface area contributed by atoms with Crippen LogP contribution in [0.3, 0.4) is 0 Å². The van der Waals surface area contributed by atoms with E-state index < -0.39 is 17.9 Å². The molecule has 2 aromatic heterocycles. The van der Waals surface area contributed by atoms with E-state index in [9.17, 15) is 18.0 Å². The molecule has 0 saturated heterocycles. The summed E-state index contributed by atoms with van der Waals surface area (Å²) in [7, 11) is 0. The first-order chi connectivity index (χ1) is 14.3. The third-order valence-electron chi connectivity index (χ3n) is 3.97. The van der Waals surface area contributed by atoms with E-state index in [1.807, 2.05) is 6.07 Å². The standard InChI is InChI=1S/C19H15F3N6O2/c20-19(21,22)17-7-16(28(27-17)15-3-1-2-12(6-15)8-23)10-25-18(30)26-13-4-5-14(11-29)24-9-13/h1-7,9,29H,10-11H2,(H2,25,26,30). The molecule has 3 rings (SSSR count). The fraction of sp³-hybridized carbons (Fsp3) is 0.158. The Bertz CT molecular complexity index is 1090. The lowest BCUT2D eigenvalue weighted by Gasteiger charge is -2.10. The van der Waals surface area contributed by atoms with Gasteiger partial charge in [0.05, 0.1) is 53.7 Å². The molecule has 0 spiro atoms. The van der Waals surface area contributed by atoms with Crippen LogP contribution in [-0.4, -0.2) is 25.9 Å². The van der Waals surface area contributed by atoms with Crippen LogP contribution in [0.5, 0.6) is 0 Å². The van der Waals surface area contributed by atoms with E-state index in [1.54, 1.807) is 0 Å². The molecule has 0 aliphatic rings. The van der Waals surface area contributed by atoms with Crippen molar-refractivity contribution in [3.63, 3.8) is 0 Å². The number of halogens is 3. The average molecular weight is 416 g/mol. The number of amides is 2. The highest BCUT2D eigenvalue weighted by Crippen LogP contribution is 2.29. The number of nitrogens with zero attached hydrogens (tertiary/aromatic N) is 4. The quantitative estimate of drug-likeness (QED) is 0.591. The summed E-state index contributed by atoms with van der Waals surface area (Å²) < 4.78 is 40.4. The number of aliphatic hydroxyl groups excluding tert-OH is 1. The van der Waals surface area contributed by atoms with Gasteiger partial charge in [0, 0.05) is 0 Å². The number of aromatic nitrogens is 3. The predicted octanol–water partition coefficient (Wildman–Crippen LogP) is 2.97. The minimum atomic E-state index is -4.67. The highest BCUT2D eigenvalue weighted by Gasteiger charge is 2.35. The van der Waals surface area contributed by atoms with Crippen molar-refractivity contribution >= 4 is 11.7 Å². The normalized spacial score (nSPS) is 11.0. The topological polar surface area (TPSA) is 116 Å². The fourth-order valence-corrected chi connectivity index (χ4v) is 2.55. The first kappa shape index (κ1) is 20.8. The van der Waals surface area contributed by atoms with E-state index in [0.29, 0.717) is 11.4 Å². The van der Waals surface area contributed by atoms with E-state index in [-0.39, 0.29) is 30.1 Å². The first-order valence-corrected chi connectivity index (χ1v) is 8.57. The van der Waals surface area contributed by atoms with Crippen LogP contribution < -0.4 is 10.6 Å². The Morgan fingerprint density at radius 1 is 1.23 bits per heavy atom. The zero-order valence-corrected chi connectivity index (χ0v) is 15.3. The number of nitriles is 1. The summed E-state index contributed by atoms with van der Waals surface area (Å²) in [6.45, 7) is -0.501. The molecule has 0 bridgehead atoms. The second-order valence-corrected chi connectivity index (χ2v) is 6.10. The number of alkyl halides is 3. The Balaban J connectivity index is 1.79. The lowest BCUT2D eigenvalue weighted by molar-refractivity contribution is -0.141. The van der Waals surface area contributed by atoms with Crippen molar-refractivity contribution in [2.45, 2.75) is 19.3 Å². The number of rotatable bonds is 5. The van der Waals surface area contributed by atoms with Crippen LogP contribution in [0, 0.1) is 11.3 Å². The third kappa shape index (κ3) is 4.92. The summed E-state index contributed by atoms with van der Waals surface area (Å²) in [5.41, 5.74) is 0.227. The van der Waals surface area contributed by atoms with Gasteiger partial charge in [0.1, 0.15) is 0 Å². The molecule has 3 N–H and O–H groups in total. The molecule has 1 aromatic carbocycles. The van der Waals surface area contributed by atoms with Gasteiger partial charge in [-0.2, -0.15) is 23.5 Å². The Morgan fingerprint density at radius 2 is 2.03 bits per heavy atom. The minimum absolute atomic E-state index is 0.0707. The van der Waals surface area contributed by atoms with Gasteiger partial charge in [-0.05, 0) is 36.4 Å². The zero-order valence-electron chi connectivity index (χ0n) is 15.3. The van der Waals surface area contributed by atoms with Gasteiger partial charge in [-0.1, -0.05) is 6.07 Å². The second kappa shape index (κ2) is 8.62. The number of anilines is 1. The predicted molar refractivity (Wildman–Crippen MR) is 99.3 cm³/mol. The maximum atomic E-state index is 13.1. The van der Waals surface area contributed by atoms with Crippen molar-refractivity contribution in [1.29, 1.82) is 5.26 Å². The van der Waals surface area contributed by atoms with Crippen molar-refractivity contribution in [3.8, 4) is 11.8 Å². The van der Waals surface area contributed by atoms with E-state index in [4.69, 9.17) is 10.4 Å². The van der Waals surface area contributed by atoms with E-state index in [2.05, 4.69) is 20.7 Å². The first-order valence-electron chi connectivity index (χ1n) is 8.57. The van der Waals surface area contributed by atoms with Gasteiger partial charge in [0.2, 0.25) is 0 Å². The molecular formula is C19H15F3N6O2. The molecule has 154 valence electrons. The molecule has 0 aliphatic carbocycles. The SMILES string of the molecule is N#Cc1cccc(-n2nc(C(F)(F)F)cc2CNC(=O)Nc2ccc(CO)nc2)c1. The van der Waals surface area contributed by atoms with Crippen LogP contribution in [0.1, 0.15) is 22.6 Å². The maximum Gasteiger partial charge on any atom is 0.435 e. The van der Waals surface area contributed by atoms with Gasteiger partial charge in [-0.25, -0.2) is 9.48 Å². The van der Waals surface area contributed by atoms with Gasteiger partial charge in [-0.15, -0.1) is 0 Å².